The van der Waals surface area contributed by atoms with Crippen LogP contribution >= 0.6 is 0 Å². The molecule has 0 atom stereocenters. The minimum atomic E-state index is -4.45. The molecule has 3 nitrogen and oxygen atoms in total. The Morgan fingerprint density at radius 1 is 1.26 bits per heavy atom. The quantitative estimate of drug-likeness (QED) is 0.898. The molecule has 0 aliphatic carbocycles. The summed E-state index contributed by atoms with van der Waals surface area (Å²) >= 11 is 0. The molecule has 0 saturated heterocycles. The van der Waals surface area contributed by atoms with E-state index in [-0.39, 0.29) is 17.1 Å². The predicted octanol–water partition coefficient (Wildman–Crippen LogP) is 3.97. The lowest BCUT2D eigenvalue weighted by atomic mass is 10.1. The molecule has 0 aliphatic rings. The second-order valence-corrected chi connectivity index (χ2v) is 4.01. The van der Waals surface area contributed by atoms with Crippen LogP contribution in [0.25, 0.3) is 11.3 Å². The maximum Gasteiger partial charge on any atom is 0.416 e. The van der Waals surface area contributed by atoms with Gasteiger partial charge in [-0.2, -0.15) is 13.2 Å². The van der Waals surface area contributed by atoms with Gasteiger partial charge in [-0.1, -0.05) is 12.1 Å². The minimum absolute atomic E-state index is 0.0981. The Morgan fingerprint density at radius 3 is 2.47 bits per heavy atom. The molecule has 0 unspecified atom stereocenters. The number of hydrogen-bond acceptors (Lipinski definition) is 2. The van der Waals surface area contributed by atoms with Crippen LogP contribution < -0.4 is 0 Å². The van der Waals surface area contributed by atoms with E-state index in [0.717, 1.165) is 12.1 Å². The molecule has 0 amide bonds. The Balaban J connectivity index is 2.48. The van der Waals surface area contributed by atoms with Crippen molar-refractivity contribution in [2.75, 3.05) is 0 Å². The minimum Gasteiger partial charge on any atom is -0.475 e. The summed E-state index contributed by atoms with van der Waals surface area (Å²) in [6.45, 7) is 1.52. The van der Waals surface area contributed by atoms with Gasteiger partial charge in [0.15, 0.2) is 0 Å². The number of aryl methyl sites for hydroxylation is 1. The summed E-state index contributed by atoms with van der Waals surface area (Å²) in [5.74, 6) is -1.43. The Morgan fingerprint density at radius 2 is 1.95 bits per heavy atom. The first-order valence-corrected chi connectivity index (χ1v) is 5.30. The van der Waals surface area contributed by atoms with E-state index in [1.807, 2.05) is 0 Å². The molecule has 0 aliphatic heterocycles. The highest BCUT2D eigenvalue weighted by molar-refractivity contribution is 5.87. The van der Waals surface area contributed by atoms with Gasteiger partial charge in [0.25, 0.3) is 0 Å². The average Bonchev–Trinajstić information content (AvgIpc) is 2.70. The maximum absolute atomic E-state index is 12.6. The van der Waals surface area contributed by atoms with E-state index < -0.39 is 17.7 Å². The van der Waals surface area contributed by atoms with Crippen molar-refractivity contribution < 1.29 is 27.5 Å². The number of furan rings is 1. The number of carboxylic acids is 1. The summed E-state index contributed by atoms with van der Waals surface area (Å²) in [7, 11) is 0. The van der Waals surface area contributed by atoms with E-state index >= 15 is 0 Å². The standard InChI is InChI=1S/C13H9F3O3/c1-7-5-10(19-11(7)12(17)18)8-3-2-4-9(6-8)13(14,15)16/h2-6H,1H3,(H,17,18). The molecular weight excluding hydrogens is 261 g/mol. The zero-order valence-corrected chi connectivity index (χ0v) is 9.78. The smallest absolute Gasteiger partial charge is 0.416 e. The number of carboxylic acid groups (broad SMARTS) is 1. The molecule has 0 spiro atoms. The first-order valence-electron chi connectivity index (χ1n) is 5.30. The van der Waals surface area contributed by atoms with Gasteiger partial charge in [-0.3, -0.25) is 0 Å². The van der Waals surface area contributed by atoms with E-state index in [1.54, 1.807) is 0 Å². The molecule has 2 aromatic rings. The number of rotatable bonds is 2. The molecule has 0 saturated carbocycles. The number of benzene rings is 1. The molecule has 0 radical (unpaired) electrons. The van der Waals surface area contributed by atoms with Crippen molar-refractivity contribution in [1.82, 2.24) is 0 Å². The lowest BCUT2D eigenvalue weighted by Crippen LogP contribution is -2.04. The van der Waals surface area contributed by atoms with E-state index in [1.165, 1.54) is 25.1 Å². The number of aromatic carboxylic acids is 1. The lowest BCUT2D eigenvalue weighted by molar-refractivity contribution is -0.137. The van der Waals surface area contributed by atoms with Crippen molar-refractivity contribution in [3.8, 4) is 11.3 Å². The molecule has 1 aromatic heterocycles. The van der Waals surface area contributed by atoms with Gasteiger partial charge in [0.1, 0.15) is 5.76 Å². The average molecular weight is 270 g/mol. The number of halogens is 3. The van der Waals surface area contributed by atoms with Gasteiger partial charge < -0.3 is 9.52 Å². The normalized spacial score (nSPS) is 11.6. The van der Waals surface area contributed by atoms with Crippen LogP contribution in [0.15, 0.2) is 34.7 Å². The summed E-state index contributed by atoms with van der Waals surface area (Å²) in [6.07, 6.45) is -4.45. The summed E-state index contributed by atoms with van der Waals surface area (Å²) in [5, 5.41) is 8.84. The zero-order valence-electron chi connectivity index (χ0n) is 9.78. The van der Waals surface area contributed by atoms with Gasteiger partial charge in [0, 0.05) is 11.1 Å². The molecular formula is C13H9F3O3. The Hall–Kier alpha value is -2.24. The first kappa shape index (κ1) is 13.2. The molecule has 1 heterocycles. The monoisotopic (exact) mass is 270 g/mol. The van der Waals surface area contributed by atoms with Crippen LogP contribution in [0.1, 0.15) is 21.7 Å². The highest BCUT2D eigenvalue weighted by Crippen LogP contribution is 2.33. The summed E-state index contributed by atoms with van der Waals surface area (Å²) in [6, 6.07) is 5.94. The third kappa shape index (κ3) is 2.62. The third-order valence-electron chi connectivity index (χ3n) is 2.59. The second-order valence-electron chi connectivity index (χ2n) is 4.01. The lowest BCUT2D eigenvalue weighted by Gasteiger charge is -2.07. The molecule has 0 bridgehead atoms. The van der Waals surface area contributed by atoms with Crippen molar-refractivity contribution in [3.05, 3.63) is 47.2 Å². The predicted molar refractivity (Wildman–Crippen MR) is 60.8 cm³/mol. The van der Waals surface area contributed by atoms with Gasteiger partial charge in [0.2, 0.25) is 5.76 Å². The van der Waals surface area contributed by atoms with Gasteiger partial charge in [0.05, 0.1) is 5.56 Å². The fraction of sp³-hybridized carbons (Fsp3) is 0.154. The number of hydrogen-bond donors (Lipinski definition) is 1. The van der Waals surface area contributed by atoms with E-state index in [2.05, 4.69) is 0 Å². The fourth-order valence-electron chi connectivity index (χ4n) is 1.69. The second kappa shape index (κ2) is 4.46. The van der Waals surface area contributed by atoms with Gasteiger partial charge in [-0.15, -0.1) is 0 Å². The molecule has 0 fully saturated rings. The van der Waals surface area contributed by atoms with Crippen molar-refractivity contribution in [1.29, 1.82) is 0 Å². The maximum atomic E-state index is 12.6. The number of alkyl halides is 3. The van der Waals surface area contributed by atoms with E-state index in [9.17, 15) is 18.0 Å². The summed E-state index contributed by atoms with van der Waals surface area (Å²) in [5.41, 5.74) is -0.263. The topological polar surface area (TPSA) is 50.4 Å². The van der Waals surface area contributed by atoms with Crippen molar-refractivity contribution in [3.63, 3.8) is 0 Å². The van der Waals surface area contributed by atoms with Crippen molar-refractivity contribution in [2.24, 2.45) is 0 Å². The van der Waals surface area contributed by atoms with Gasteiger partial charge in [-0.05, 0) is 25.1 Å². The van der Waals surface area contributed by atoms with Gasteiger partial charge >= 0.3 is 12.1 Å². The van der Waals surface area contributed by atoms with Crippen molar-refractivity contribution >= 4 is 5.97 Å². The third-order valence-corrected chi connectivity index (χ3v) is 2.59. The summed E-state index contributed by atoms with van der Waals surface area (Å²) in [4.78, 5) is 10.8. The summed E-state index contributed by atoms with van der Waals surface area (Å²) < 4.78 is 42.8. The molecule has 100 valence electrons. The van der Waals surface area contributed by atoms with E-state index in [4.69, 9.17) is 9.52 Å². The highest BCUT2D eigenvalue weighted by atomic mass is 19.4. The van der Waals surface area contributed by atoms with Crippen LogP contribution in [0, 0.1) is 6.92 Å². The fourth-order valence-corrected chi connectivity index (χ4v) is 1.69. The molecule has 2 rings (SSSR count). The molecule has 6 heteroatoms. The highest BCUT2D eigenvalue weighted by Gasteiger charge is 2.30. The number of carbonyl (C=O) groups is 1. The van der Waals surface area contributed by atoms with Gasteiger partial charge in [-0.25, -0.2) is 4.79 Å². The molecule has 1 N–H and O–H groups in total. The Labute approximate surface area is 106 Å². The Bertz CT molecular complexity index is 626. The van der Waals surface area contributed by atoms with Crippen LogP contribution in [0.4, 0.5) is 13.2 Å². The van der Waals surface area contributed by atoms with Crippen LogP contribution in [-0.2, 0) is 6.18 Å². The van der Waals surface area contributed by atoms with Crippen LogP contribution in [0.5, 0.6) is 0 Å². The van der Waals surface area contributed by atoms with Crippen LogP contribution in [-0.4, -0.2) is 11.1 Å². The van der Waals surface area contributed by atoms with Crippen molar-refractivity contribution in [2.45, 2.75) is 13.1 Å². The van der Waals surface area contributed by atoms with Crippen LogP contribution in [0.3, 0.4) is 0 Å². The SMILES string of the molecule is Cc1cc(-c2cccc(C(F)(F)F)c2)oc1C(=O)O. The van der Waals surface area contributed by atoms with Crippen LogP contribution in [0.2, 0.25) is 0 Å². The largest absolute Gasteiger partial charge is 0.475 e. The van der Waals surface area contributed by atoms with E-state index in [0.29, 0.717) is 5.56 Å². The molecule has 1 aromatic carbocycles. The first-order chi connectivity index (χ1) is 8.79. The Kier molecular flexibility index (Phi) is 3.09. The molecule has 19 heavy (non-hydrogen) atoms. The zero-order chi connectivity index (χ0) is 14.2.